The number of benzene rings is 3. The molecule has 3 rings (SSSR count). The van der Waals surface area contributed by atoms with Gasteiger partial charge >= 0.3 is 0 Å². The Morgan fingerprint density at radius 1 is 1.13 bits per heavy atom. The first kappa shape index (κ1) is 21.0. The Morgan fingerprint density at radius 3 is 2.43 bits per heavy atom. The molecule has 30 heavy (non-hydrogen) atoms. The minimum atomic E-state index is -0.565. The maximum atomic E-state index is 12.6. The number of nitrogens with one attached hydrogen (secondary N) is 1. The zero-order valence-electron chi connectivity index (χ0n) is 16.4. The Labute approximate surface area is 179 Å². The van der Waals surface area contributed by atoms with E-state index in [0.717, 1.165) is 11.1 Å². The van der Waals surface area contributed by atoms with Crippen LogP contribution >= 0.6 is 11.6 Å². The van der Waals surface area contributed by atoms with Crippen LogP contribution in [0.5, 0.6) is 11.5 Å². The number of halogens is 1. The number of rotatable bonds is 4. The summed E-state index contributed by atoms with van der Waals surface area (Å²) in [5.41, 5.74) is 9.23. The van der Waals surface area contributed by atoms with Crippen LogP contribution < -0.4 is 11.1 Å². The van der Waals surface area contributed by atoms with Crippen LogP contribution in [0.1, 0.15) is 38.5 Å². The van der Waals surface area contributed by atoms with Gasteiger partial charge in [0.25, 0.3) is 5.91 Å². The van der Waals surface area contributed by atoms with Crippen LogP contribution in [0.15, 0.2) is 48.5 Å². The third-order valence-electron chi connectivity index (χ3n) is 4.88. The minimum Gasteiger partial charge on any atom is -0.504 e. The zero-order valence-corrected chi connectivity index (χ0v) is 17.2. The number of carbonyl (C=O) groups is 1. The number of anilines is 2. The number of phenolic OH excluding ortho intramolecular Hbond substituents is 2. The van der Waals surface area contributed by atoms with Gasteiger partial charge in [-0.25, -0.2) is 0 Å². The lowest BCUT2D eigenvalue weighted by molar-refractivity contribution is 0.102. The van der Waals surface area contributed by atoms with Crippen LogP contribution in [0.25, 0.3) is 0 Å². The molecule has 0 fully saturated rings. The molecule has 0 aromatic heterocycles. The van der Waals surface area contributed by atoms with Gasteiger partial charge in [0, 0.05) is 10.7 Å². The van der Waals surface area contributed by atoms with Crippen molar-refractivity contribution in [2.24, 2.45) is 0 Å². The molecule has 0 aliphatic carbocycles. The molecule has 1 atom stereocenters. The number of aryl methyl sites for hydroxylation is 2. The first-order valence-electron chi connectivity index (χ1n) is 9.11. The van der Waals surface area contributed by atoms with E-state index >= 15 is 0 Å². The Kier molecular flexibility index (Phi) is 5.86. The summed E-state index contributed by atoms with van der Waals surface area (Å²) in [7, 11) is 0. The normalized spacial score (nSPS) is 11.5. The molecule has 3 aromatic rings. The van der Waals surface area contributed by atoms with Gasteiger partial charge in [-0.15, -0.1) is 0 Å². The highest BCUT2D eigenvalue weighted by molar-refractivity contribution is 6.32. The fourth-order valence-electron chi connectivity index (χ4n) is 3.13. The lowest BCUT2D eigenvalue weighted by Crippen LogP contribution is -2.15. The first-order valence-corrected chi connectivity index (χ1v) is 9.48. The van der Waals surface area contributed by atoms with Crippen molar-refractivity contribution in [3.05, 3.63) is 81.4 Å². The molecular formula is C23H20ClN3O3. The fourth-order valence-corrected chi connectivity index (χ4v) is 3.40. The van der Waals surface area contributed by atoms with Gasteiger partial charge in [-0.3, -0.25) is 4.79 Å². The molecule has 0 radical (unpaired) electrons. The van der Waals surface area contributed by atoms with Crippen LogP contribution in [-0.2, 0) is 0 Å². The summed E-state index contributed by atoms with van der Waals surface area (Å²) < 4.78 is 0. The largest absolute Gasteiger partial charge is 0.504 e. The molecule has 1 unspecified atom stereocenters. The highest BCUT2D eigenvalue weighted by atomic mass is 35.5. The number of aromatic hydroxyl groups is 2. The van der Waals surface area contributed by atoms with Gasteiger partial charge in [-0.05, 0) is 48.7 Å². The zero-order chi connectivity index (χ0) is 22.0. The number of hydrogen-bond donors (Lipinski definition) is 4. The van der Waals surface area contributed by atoms with E-state index in [2.05, 4.69) is 11.4 Å². The van der Waals surface area contributed by atoms with E-state index in [1.807, 2.05) is 31.2 Å². The second kappa shape index (κ2) is 8.36. The molecule has 1 amide bonds. The number of nitrogens with zero attached hydrogens (tertiary/aromatic N) is 1. The van der Waals surface area contributed by atoms with Gasteiger partial charge in [-0.1, -0.05) is 47.5 Å². The van der Waals surface area contributed by atoms with Crippen LogP contribution in [0, 0.1) is 25.2 Å². The molecule has 0 saturated heterocycles. The van der Waals surface area contributed by atoms with E-state index in [1.165, 1.54) is 12.1 Å². The highest BCUT2D eigenvalue weighted by Crippen LogP contribution is 2.36. The van der Waals surface area contributed by atoms with Crippen LogP contribution in [0.2, 0.25) is 5.02 Å². The van der Waals surface area contributed by atoms with E-state index in [4.69, 9.17) is 17.3 Å². The minimum absolute atomic E-state index is 0.0134. The molecule has 0 spiro atoms. The molecule has 7 heteroatoms. The van der Waals surface area contributed by atoms with Crippen molar-refractivity contribution >= 4 is 28.9 Å². The van der Waals surface area contributed by atoms with E-state index in [9.17, 15) is 20.3 Å². The van der Waals surface area contributed by atoms with Crippen molar-refractivity contribution < 1.29 is 15.0 Å². The topological polar surface area (TPSA) is 119 Å². The fraction of sp³-hybridized carbons (Fsp3) is 0.130. The van der Waals surface area contributed by atoms with Crippen LogP contribution in [0.4, 0.5) is 11.4 Å². The van der Waals surface area contributed by atoms with Gasteiger partial charge in [0.05, 0.1) is 23.2 Å². The molecule has 6 nitrogen and oxygen atoms in total. The number of nitrogens with two attached hydrogens (primary N) is 1. The number of carbonyl (C=O) groups excluding carboxylic acids is 1. The van der Waals surface area contributed by atoms with Crippen molar-refractivity contribution in [3.8, 4) is 17.6 Å². The Balaban J connectivity index is 1.93. The summed E-state index contributed by atoms with van der Waals surface area (Å²) in [6.45, 7) is 3.76. The summed E-state index contributed by atoms with van der Waals surface area (Å²) in [6, 6.07) is 15.8. The Hall–Kier alpha value is -3.69. The maximum Gasteiger partial charge on any atom is 0.257 e. The quantitative estimate of drug-likeness (QED) is 0.354. The molecule has 0 heterocycles. The van der Waals surface area contributed by atoms with Gasteiger partial charge in [0.15, 0.2) is 11.5 Å². The molecule has 3 aromatic carbocycles. The second-order valence-corrected chi connectivity index (χ2v) is 7.42. The summed E-state index contributed by atoms with van der Waals surface area (Å²) >= 11 is 6.46. The number of phenols is 2. The molecular weight excluding hydrogens is 402 g/mol. The van der Waals surface area contributed by atoms with Crippen molar-refractivity contribution in [1.29, 1.82) is 5.26 Å². The highest BCUT2D eigenvalue weighted by Gasteiger charge is 2.20. The smallest absolute Gasteiger partial charge is 0.257 e. The van der Waals surface area contributed by atoms with Crippen molar-refractivity contribution in [2.45, 2.75) is 19.8 Å². The average Bonchev–Trinajstić information content (AvgIpc) is 2.71. The first-order chi connectivity index (χ1) is 14.2. The predicted molar refractivity (Wildman–Crippen MR) is 117 cm³/mol. The van der Waals surface area contributed by atoms with Gasteiger partial charge in [0.1, 0.15) is 0 Å². The predicted octanol–water partition coefficient (Wildman–Crippen LogP) is 4.86. The maximum absolute atomic E-state index is 12.6. The number of nitriles is 1. The van der Waals surface area contributed by atoms with Crippen LogP contribution in [-0.4, -0.2) is 16.1 Å². The molecule has 0 saturated carbocycles. The Bertz CT molecular complexity index is 1170. The number of hydrogen-bond acceptors (Lipinski definition) is 5. The molecule has 0 bridgehead atoms. The average molecular weight is 422 g/mol. The van der Waals surface area contributed by atoms with E-state index in [0.29, 0.717) is 21.8 Å². The van der Waals surface area contributed by atoms with Gasteiger partial charge in [-0.2, -0.15) is 5.26 Å². The van der Waals surface area contributed by atoms with Crippen LogP contribution in [0.3, 0.4) is 0 Å². The molecule has 0 aliphatic rings. The third-order valence-corrected chi connectivity index (χ3v) is 5.21. The molecule has 0 aliphatic heterocycles. The lowest BCUT2D eigenvalue weighted by Gasteiger charge is -2.17. The SMILES string of the molecule is Cc1ccc(C(C#N)c2cc(C)c(NC(=O)c3ccc(O)c(O)c3N)cc2Cl)cc1. The summed E-state index contributed by atoms with van der Waals surface area (Å²) in [5.74, 6) is -2.08. The lowest BCUT2D eigenvalue weighted by atomic mass is 9.90. The number of amides is 1. The van der Waals surface area contributed by atoms with Gasteiger partial charge in [0.2, 0.25) is 0 Å². The standard InChI is InChI=1S/C23H20ClN3O3/c1-12-3-5-14(6-4-12)17(11-25)16-9-13(2)19(10-18(16)24)27-23(30)15-7-8-20(28)22(29)21(15)26/h3-10,17,28-29H,26H2,1-2H3,(H,27,30). The van der Waals surface area contributed by atoms with Crippen molar-refractivity contribution in [1.82, 2.24) is 0 Å². The second-order valence-electron chi connectivity index (χ2n) is 7.01. The third kappa shape index (κ3) is 4.02. The monoisotopic (exact) mass is 421 g/mol. The Morgan fingerprint density at radius 2 is 1.80 bits per heavy atom. The van der Waals surface area contributed by atoms with E-state index in [1.54, 1.807) is 19.1 Å². The molecule has 5 N–H and O–H groups in total. The summed E-state index contributed by atoms with van der Waals surface area (Å²) in [4.78, 5) is 12.6. The van der Waals surface area contributed by atoms with Gasteiger partial charge < -0.3 is 21.3 Å². The molecule has 152 valence electrons. The summed E-state index contributed by atoms with van der Waals surface area (Å²) in [5, 5.41) is 32.0. The van der Waals surface area contributed by atoms with Crippen molar-refractivity contribution in [2.75, 3.05) is 11.1 Å². The van der Waals surface area contributed by atoms with E-state index in [-0.39, 0.29) is 11.3 Å². The summed E-state index contributed by atoms with van der Waals surface area (Å²) in [6.07, 6.45) is 0. The number of nitrogen functional groups attached to an aromatic ring is 1. The van der Waals surface area contributed by atoms with Crippen molar-refractivity contribution in [3.63, 3.8) is 0 Å². The van der Waals surface area contributed by atoms with E-state index < -0.39 is 23.3 Å².